The monoisotopic (exact) mass is 432 g/mol. The van der Waals surface area contributed by atoms with Crippen LogP contribution in [0.5, 0.6) is 5.88 Å². The van der Waals surface area contributed by atoms with E-state index in [1.54, 1.807) is 6.20 Å². The smallest absolute Gasteiger partial charge is 0.195 e. The first kappa shape index (κ1) is 22.3. The number of nitrogens with one attached hydrogen (secondary N) is 1. The lowest BCUT2D eigenvalue weighted by Gasteiger charge is -2.22. The summed E-state index contributed by atoms with van der Waals surface area (Å²) in [5.74, 6) is 0.497. The number of benzene rings is 1. The van der Waals surface area contributed by atoms with Gasteiger partial charge in [-0.15, -0.1) is 0 Å². The molecule has 1 fully saturated rings. The van der Waals surface area contributed by atoms with E-state index < -0.39 is 0 Å². The van der Waals surface area contributed by atoms with Crippen LogP contribution in [0.1, 0.15) is 49.4 Å². The normalized spacial score (nSPS) is 16.1. The number of hydrogen-bond donors (Lipinski definition) is 1. The number of aromatic nitrogens is 2. The lowest BCUT2D eigenvalue weighted by atomic mass is 10.0. The number of hydrogen-bond acceptors (Lipinski definition) is 4. The minimum Gasteiger partial charge on any atom is -0.476 e. The summed E-state index contributed by atoms with van der Waals surface area (Å²) >= 11 is 0. The maximum atomic E-state index is 13.1. The molecule has 0 aliphatic carbocycles. The van der Waals surface area contributed by atoms with Gasteiger partial charge in [0.2, 0.25) is 0 Å². The summed E-state index contributed by atoms with van der Waals surface area (Å²) < 4.78 is 11.7. The molecule has 1 saturated heterocycles. The Hall–Kier alpha value is -2.92. The summed E-state index contributed by atoms with van der Waals surface area (Å²) in [4.78, 5) is 20.9. The van der Waals surface area contributed by atoms with Gasteiger partial charge >= 0.3 is 0 Å². The van der Waals surface area contributed by atoms with E-state index in [2.05, 4.69) is 41.2 Å². The van der Waals surface area contributed by atoms with Crippen LogP contribution in [0.2, 0.25) is 0 Å². The molecule has 2 aromatic heterocycles. The number of aryl methyl sites for hydroxylation is 3. The van der Waals surface area contributed by atoms with Crippen molar-refractivity contribution < 1.29 is 9.47 Å². The van der Waals surface area contributed by atoms with Crippen LogP contribution in [0.4, 0.5) is 0 Å². The molecule has 1 aliphatic heterocycles. The molecule has 0 bridgehead atoms. The topological polar surface area (TPSA) is 64.2 Å². The molecule has 1 aliphatic rings. The number of pyridine rings is 2. The van der Waals surface area contributed by atoms with Crippen LogP contribution in [-0.2, 0) is 24.0 Å². The zero-order chi connectivity index (χ0) is 22.2. The van der Waals surface area contributed by atoms with E-state index in [-0.39, 0.29) is 11.5 Å². The number of H-pyrrole nitrogens is 1. The van der Waals surface area contributed by atoms with Crippen molar-refractivity contribution in [2.45, 2.75) is 58.0 Å². The fourth-order valence-electron chi connectivity index (χ4n) is 4.20. The molecule has 32 heavy (non-hydrogen) atoms. The van der Waals surface area contributed by atoms with Crippen LogP contribution < -0.4 is 10.2 Å². The summed E-state index contributed by atoms with van der Waals surface area (Å²) in [6, 6.07) is 15.9. The van der Waals surface area contributed by atoms with Crippen LogP contribution in [0, 0.1) is 0 Å². The minimum atomic E-state index is -0.0738. The predicted octanol–water partition coefficient (Wildman–Crippen LogP) is 5.12. The summed E-state index contributed by atoms with van der Waals surface area (Å²) in [6.07, 6.45) is 8.85. The van der Waals surface area contributed by atoms with E-state index >= 15 is 0 Å². The van der Waals surface area contributed by atoms with Crippen molar-refractivity contribution in [2.24, 2.45) is 0 Å². The number of ether oxygens (including phenoxy) is 2. The Morgan fingerprint density at radius 2 is 1.88 bits per heavy atom. The van der Waals surface area contributed by atoms with Gasteiger partial charge in [-0.3, -0.25) is 9.78 Å². The maximum absolute atomic E-state index is 13.1. The zero-order valence-corrected chi connectivity index (χ0v) is 18.8. The first-order valence-electron chi connectivity index (χ1n) is 11.7. The highest BCUT2D eigenvalue weighted by Gasteiger charge is 2.17. The minimum absolute atomic E-state index is 0.0738. The Morgan fingerprint density at radius 3 is 2.56 bits per heavy atom. The van der Waals surface area contributed by atoms with E-state index in [9.17, 15) is 4.79 Å². The Morgan fingerprint density at radius 1 is 1.06 bits per heavy atom. The molecule has 3 heterocycles. The van der Waals surface area contributed by atoms with E-state index in [0.29, 0.717) is 30.2 Å². The van der Waals surface area contributed by atoms with Gasteiger partial charge in [0.1, 0.15) is 6.61 Å². The Labute approximate surface area is 189 Å². The summed E-state index contributed by atoms with van der Waals surface area (Å²) in [7, 11) is 0. The van der Waals surface area contributed by atoms with Gasteiger partial charge in [0, 0.05) is 24.6 Å². The third kappa shape index (κ3) is 5.86. The van der Waals surface area contributed by atoms with E-state index in [0.717, 1.165) is 50.8 Å². The Kier molecular flexibility index (Phi) is 7.73. The quantitative estimate of drug-likeness (QED) is 0.510. The van der Waals surface area contributed by atoms with Gasteiger partial charge in [0.05, 0.1) is 17.4 Å². The fraction of sp³-hybridized carbons (Fsp3) is 0.407. The molecule has 0 amide bonds. The van der Waals surface area contributed by atoms with Crippen molar-refractivity contribution in [1.29, 1.82) is 0 Å². The first-order valence-corrected chi connectivity index (χ1v) is 11.7. The second-order valence-corrected chi connectivity index (χ2v) is 8.43. The fourth-order valence-corrected chi connectivity index (χ4v) is 4.20. The van der Waals surface area contributed by atoms with Crippen LogP contribution in [0.3, 0.4) is 0 Å². The van der Waals surface area contributed by atoms with Crippen molar-refractivity contribution in [1.82, 2.24) is 9.97 Å². The van der Waals surface area contributed by atoms with Gasteiger partial charge in [-0.1, -0.05) is 43.7 Å². The SMILES string of the molecule is CCCc1ccc(CCc2[nH]c(OCC3CCCCO3)cc(=O)c2-c2ccccn2)cc1. The van der Waals surface area contributed by atoms with Gasteiger partial charge < -0.3 is 14.5 Å². The molecule has 5 nitrogen and oxygen atoms in total. The molecule has 0 spiro atoms. The number of rotatable bonds is 9. The third-order valence-corrected chi connectivity index (χ3v) is 5.93. The van der Waals surface area contributed by atoms with Crippen molar-refractivity contribution in [2.75, 3.05) is 13.2 Å². The Bertz CT molecular complexity index is 1040. The molecule has 1 aromatic carbocycles. The Balaban J connectivity index is 1.55. The summed E-state index contributed by atoms with van der Waals surface area (Å²) in [5.41, 5.74) is 4.70. The van der Waals surface area contributed by atoms with Gasteiger partial charge in [-0.25, -0.2) is 0 Å². The molecule has 0 radical (unpaired) electrons. The molecular weight excluding hydrogens is 400 g/mol. The molecule has 0 saturated carbocycles. The van der Waals surface area contributed by atoms with Crippen LogP contribution in [0.15, 0.2) is 59.5 Å². The lowest BCUT2D eigenvalue weighted by molar-refractivity contribution is -0.0119. The van der Waals surface area contributed by atoms with Crippen LogP contribution in [0.25, 0.3) is 11.3 Å². The average molecular weight is 433 g/mol. The molecule has 1 N–H and O–H groups in total. The maximum Gasteiger partial charge on any atom is 0.195 e. The average Bonchev–Trinajstić information content (AvgIpc) is 2.83. The standard InChI is InChI=1S/C27H32N2O3/c1-2-7-20-10-12-21(13-11-20)14-15-24-27(23-9-3-5-16-28-23)25(30)18-26(29-24)32-19-22-8-4-6-17-31-22/h3,5,9-13,16,18,22H,2,4,6-8,14-15,17,19H2,1H3,(H,29,30). The molecule has 5 heteroatoms. The van der Waals surface area contributed by atoms with E-state index in [4.69, 9.17) is 9.47 Å². The summed E-state index contributed by atoms with van der Waals surface area (Å²) in [6.45, 7) is 3.43. The van der Waals surface area contributed by atoms with Crippen molar-refractivity contribution in [3.63, 3.8) is 0 Å². The van der Waals surface area contributed by atoms with Gasteiger partial charge in [0.15, 0.2) is 11.3 Å². The van der Waals surface area contributed by atoms with Gasteiger partial charge in [-0.05, 0) is 61.8 Å². The number of nitrogens with zero attached hydrogens (tertiary/aromatic N) is 1. The third-order valence-electron chi connectivity index (χ3n) is 5.93. The predicted molar refractivity (Wildman–Crippen MR) is 127 cm³/mol. The largest absolute Gasteiger partial charge is 0.476 e. The molecule has 168 valence electrons. The summed E-state index contributed by atoms with van der Waals surface area (Å²) in [5, 5.41) is 0. The number of aromatic amines is 1. The van der Waals surface area contributed by atoms with Crippen molar-refractivity contribution in [3.8, 4) is 17.1 Å². The highest BCUT2D eigenvalue weighted by molar-refractivity contribution is 5.62. The molecule has 4 rings (SSSR count). The molecule has 1 unspecified atom stereocenters. The zero-order valence-electron chi connectivity index (χ0n) is 18.8. The second kappa shape index (κ2) is 11.1. The highest BCUT2D eigenvalue weighted by Crippen LogP contribution is 2.22. The molecular formula is C27H32N2O3. The molecule has 1 atom stereocenters. The van der Waals surface area contributed by atoms with Crippen molar-refractivity contribution >= 4 is 0 Å². The molecule has 3 aromatic rings. The van der Waals surface area contributed by atoms with Crippen LogP contribution >= 0.6 is 0 Å². The van der Waals surface area contributed by atoms with E-state index in [1.165, 1.54) is 17.2 Å². The first-order chi connectivity index (χ1) is 15.7. The second-order valence-electron chi connectivity index (χ2n) is 8.43. The lowest BCUT2D eigenvalue weighted by Crippen LogP contribution is -2.26. The highest BCUT2D eigenvalue weighted by atomic mass is 16.5. The van der Waals surface area contributed by atoms with Crippen molar-refractivity contribution in [3.05, 3.63) is 81.8 Å². The van der Waals surface area contributed by atoms with Crippen LogP contribution in [-0.4, -0.2) is 29.3 Å². The van der Waals surface area contributed by atoms with Gasteiger partial charge in [-0.2, -0.15) is 0 Å². The van der Waals surface area contributed by atoms with Gasteiger partial charge in [0.25, 0.3) is 0 Å². The van der Waals surface area contributed by atoms with E-state index in [1.807, 2.05) is 18.2 Å².